The number of hydrogen-bond donors (Lipinski definition) is 1. The highest BCUT2D eigenvalue weighted by molar-refractivity contribution is 6.06. The molecule has 2 aromatic heterocycles. The molecule has 118 valence electrons. The van der Waals surface area contributed by atoms with Gasteiger partial charge in [-0.05, 0) is 35.0 Å². The molecule has 24 heavy (non-hydrogen) atoms. The third-order valence-corrected chi connectivity index (χ3v) is 3.86. The lowest BCUT2D eigenvalue weighted by molar-refractivity contribution is 0.102. The van der Waals surface area contributed by atoms with E-state index in [2.05, 4.69) is 10.4 Å². The molecule has 0 saturated heterocycles. The second-order valence-electron chi connectivity index (χ2n) is 5.47. The summed E-state index contributed by atoms with van der Waals surface area (Å²) in [5.74, 6) is 1.24. The maximum absolute atomic E-state index is 12.5. The van der Waals surface area contributed by atoms with E-state index in [0.29, 0.717) is 17.9 Å². The predicted molar refractivity (Wildman–Crippen MR) is 91.9 cm³/mol. The first-order valence-corrected chi connectivity index (χ1v) is 7.64. The Bertz CT molecular complexity index is 987. The number of nitrogens with one attached hydrogen (secondary N) is 1. The number of fused-ring (bicyclic) bond motifs is 1. The first-order valence-electron chi connectivity index (χ1n) is 7.64. The van der Waals surface area contributed by atoms with E-state index in [4.69, 9.17) is 4.42 Å². The van der Waals surface area contributed by atoms with Crippen LogP contribution in [0.25, 0.3) is 10.8 Å². The van der Waals surface area contributed by atoms with Crippen molar-refractivity contribution in [3.05, 3.63) is 84.4 Å². The highest BCUT2D eigenvalue weighted by atomic mass is 16.3. The average Bonchev–Trinajstić information content (AvgIpc) is 3.27. The first-order chi connectivity index (χ1) is 11.8. The molecule has 1 N–H and O–H groups in total. The molecule has 0 atom stereocenters. The molecule has 0 aliphatic carbocycles. The molecule has 0 fully saturated rings. The standard InChI is InChI=1S/C19H15N3O2/c23-19(16-8-7-14-4-1-2-5-15(14)12-16)21-18-9-10-20-22(18)13-17-6-3-11-24-17/h1-12H,13H2,(H,21,23). The van der Waals surface area contributed by atoms with E-state index in [1.807, 2.05) is 54.6 Å². The third-order valence-electron chi connectivity index (χ3n) is 3.86. The molecule has 4 aromatic rings. The Balaban J connectivity index is 1.56. The van der Waals surface area contributed by atoms with Gasteiger partial charge in [0.25, 0.3) is 5.91 Å². The van der Waals surface area contributed by atoms with Gasteiger partial charge in [-0.15, -0.1) is 0 Å². The summed E-state index contributed by atoms with van der Waals surface area (Å²) in [6.45, 7) is 0.466. The highest BCUT2D eigenvalue weighted by Crippen LogP contribution is 2.17. The molecule has 0 bridgehead atoms. The van der Waals surface area contributed by atoms with Crippen molar-refractivity contribution in [1.82, 2.24) is 9.78 Å². The minimum atomic E-state index is -0.165. The zero-order chi connectivity index (χ0) is 16.4. The minimum absolute atomic E-state index is 0.165. The Morgan fingerprint density at radius 2 is 1.92 bits per heavy atom. The van der Waals surface area contributed by atoms with E-state index in [0.717, 1.165) is 16.5 Å². The van der Waals surface area contributed by atoms with Crippen molar-refractivity contribution in [2.24, 2.45) is 0 Å². The van der Waals surface area contributed by atoms with Gasteiger partial charge in [-0.1, -0.05) is 30.3 Å². The zero-order valence-electron chi connectivity index (χ0n) is 12.8. The van der Waals surface area contributed by atoms with Crippen LogP contribution in [0.3, 0.4) is 0 Å². The Hall–Kier alpha value is -3.34. The third kappa shape index (κ3) is 2.79. The Kier molecular flexibility index (Phi) is 3.59. The van der Waals surface area contributed by atoms with Crippen LogP contribution in [0.4, 0.5) is 5.82 Å². The van der Waals surface area contributed by atoms with Crippen LogP contribution in [0.15, 0.2) is 77.5 Å². The Morgan fingerprint density at radius 3 is 2.75 bits per heavy atom. The molecule has 1 amide bonds. The van der Waals surface area contributed by atoms with Gasteiger partial charge in [-0.25, -0.2) is 4.68 Å². The fourth-order valence-corrected chi connectivity index (χ4v) is 2.63. The van der Waals surface area contributed by atoms with Gasteiger partial charge in [0, 0.05) is 11.6 Å². The van der Waals surface area contributed by atoms with Crippen molar-refractivity contribution in [3.8, 4) is 0 Å². The molecule has 0 spiro atoms. The maximum Gasteiger partial charge on any atom is 0.256 e. The van der Waals surface area contributed by atoms with E-state index in [9.17, 15) is 4.79 Å². The summed E-state index contributed by atoms with van der Waals surface area (Å²) < 4.78 is 7.02. The molecule has 0 radical (unpaired) electrons. The molecule has 0 aliphatic rings. The molecule has 2 aromatic carbocycles. The SMILES string of the molecule is O=C(Nc1ccnn1Cc1ccco1)c1ccc2ccccc2c1. The first kappa shape index (κ1) is 14.3. The zero-order valence-corrected chi connectivity index (χ0v) is 12.8. The minimum Gasteiger partial charge on any atom is -0.467 e. The van der Waals surface area contributed by atoms with Gasteiger partial charge in [-0.3, -0.25) is 4.79 Å². The molecule has 5 nitrogen and oxygen atoms in total. The van der Waals surface area contributed by atoms with Crippen molar-refractivity contribution in [2.45, 2.75) is 6.54 Å². The summed E-state index contributed by atoms with van der Waals surface area (Å²) in [6.07, 6.45) is 3.27. The molecular weight excluding hydrogens is 302 g/mol. The number of furan rings is 1. The number of benzene rings is 2. The average molecular weight is 317 g/mol. The maximum atomic E-state index is 12.5. The van der Waals surface area contributed by atoms with E-state index >= 15 is 0 Å². The Labute approximate surface area is 138 Å². The molecule has 2 heterocycles. The summed E-state index contributed by atoms with van der Waals surface area (Å²) in [5, 5.41) is 9.28. The Morgan fingerprint density at radius 1 is 1.04 bits per heavy atom. The van der Waals surface area contributed by atoms with Crippen LogP contribution in [0.2, 0.25) is 0 Å². The quantitative estimate of drug-likeness (QED) is 0.620. The second kappa shape index (κ2) is 6.04. The number of carbonyl (C=O) groups excluding carboxylic acids is 1. The van der Waals surface area contributed by atoms with Crippen molar-refractivity contribution in [2.75, 3.05) is 5.32 Å². The van der Waals surface area contributed by atoms with Crippen LogP contribution in [0.5, 0.6) is 0 Å². The van der Waals surface area contributed by atoms with E-state index < -0.39 is 0 Å². The molecule has 0 aliphatic heterocycles. The van der Waals surface area contributed by atoms with Gasteiger partial charge in [-0.2, -0.15) is 5.10 Å². The van der Waals surface area contributed by atoms with Crippen LogP contribution in [0.1, 0.15) is 16.1 Å². The molecular formula is C19H15N3O2. The smallest absolute Gasteiger partial charge is 0.256 e. The van der Waals surface area contributed by atoms with Gasteiger partial charge in [0.2, 0.25) is 0 Å². The normalized spacial score (nSPS) is 10.8. The highest BCUT2D eigenvalue weighted by Gasteiger charge is 2.11. The lowest BCUT2D eigenvalue weighted by Crippen LogP contribution is -2.16. The van der Waals surface area contributed by atoms with Gasteiger partial charge >= 0.3 is 0 Å². The van der Waals surface area contributed by atoms with Crippen molar-refractivity contribution >= 4 is 22.5 Å². The van der Waals surface area contributed by atoms with Crippen molar-refractivity contribution < 1.29 is 9.21 Å². The number of hydrogen-bond acceptors (Lipinski definition) is 3. The summed E-state index contributed by atoms with van der Waals surface area (Å²) in [6, 6.07) is 19.1. The van der Waals surface area contributed by atoms with Crippen molar-refractivity contribution in [1.29, 1.82) is 0 Å². The van der Waals surface area contributed by atoms with Crippen LogP contribution in [0, 0.1) is 0 Å². The van der Waals surface area contributed by atoms with Gasteiger partial charge in [0.15, 0.2) is 0 Å². The van der Waals surface area contributed by atoms with Crippen LogP contribution < -0.4 is 5.32 Å². The fourth-order valence-electron chi connectivity index (χ4n) is 2.63. The predicted octanol–water partition coefficient (Wildman–Crippen LogP) is 3.93. The number of anilines is 1. The monoisotopic (exact) mass is 317 g/mol. The topological polar surface area (TPSA) is 60.1 Å². The lowest BCUT2D eigenvalue weighted by Gasteiger charge is -2.08. The summed E-state index contributed by atoms with van der Waals surface area (Å²) in [4.78, 5) is 12.5. The van der Waals surface area contributed by atoms with Gasteiger partial charge < -0.3 is 9.73 Å². The number of carbonyl (C=O) groups is 1. The van der Waals surface area contributed by atoms with E-state index in [1.165, 1.54) is 0 Å². The van der Waals surface area contributed by atoms with E-state index in [1.54, 1.807) is 23.2 Å². The van der Waals surface area contributed by atoms with E-state index in [-0.39, 0.29) is 5.91 Å². The molecule has 5 heteroatoms. The number of aromatic nitrogens is 2. The largest absolute Gasteiger partial charge is 0.467 e. The molecule has 4 rings (SSSR count). The van der Waals surface area contributed by atoms with Crippen LogP contribution in [-0.2, 0) is 6.54 Å². The van der Waals surface area contributed by atoms with Crippen LogP contribution in [-0.4, -0.2) is 15.7 Å². The summed E-state index contributed by atoms with van der Waals surface area (Å²) in [7, 11) is 0. The van der Waals surface area contributed by atoms with Gasteiger partial charge in [0.1, 0.15) is 18.1 Å². The molecule has 0 unspecified atom stereocenters. The lowest BCUT2D eigenvalue weighted by atomic mass is 10.1. The van der Waals surface area contributed by atoms with Crippen LogP contribution >= 0.6 is 0 Å². The summed E-state index contributed by atoms with van der Waals surface area (Å²) >= 11 is 0. The number of rotatable bonds is 4. The number of nitrogens with zero attached hydrogens (tertiary/aromatic N) is 2. The number of amides is 1. The second-order valence-corrected chi connectivity index (χ2v) is 5.47. The molecule has 0 saturated carbocycles. The summed E-state index contributed by atoms with van der Waals surface area (Å²) in [5.41, 5.74) is 0.611. The van der Waals surface area contributed by atoms with Gasteiger partial charge in [0.05, 0.1) is 12.5 Å². The fraction of sp³-hybridized carbons (Fsp3) is 0.0526. The van der Waals surface area contributed by atoms with Crippen molar-refractivity contribution in [3.63, 3.8) is 0 Å².